The molecule has 0 radical (unpaired) electrons. The maximum absolute atomic E-state index is 13.6. The van der Waals surface area contributed by atoms with Crippen molar-refractivity contribution in [3.05, 3.63) is 123 Å². The van der Waals surface area contributed by atoms with Crippen LogP contribution >= 0.6 is 11.3 Å². The Morgan fingerprint density at radius 2 is 1.62 bits per heavy atom. The molecule has 0 bridgehead atoms. The molecule has 0 saturated carbocycles. The van der Waals surface area contributed by atoms with Gasteiger partial charge in [-0.3, -0.25) is 4.79 Å². The summed E-state index contributed by atoms with van der Waals surface area (Å²) in [6.07, 6.45) is 4.15. The van der Waals surface area contributed by atoms with E-state index in [-0.39, 0.29) is 12.5 Å². The largest absolute Gasteiger partial charge is 0.462 e. The van der Waals surface area contributed by atoms with Crippen molar-refractivity contribution in [2.75, 3.05) is 11.9 Å². The van der Waals surface area contributed by atoms with E-state index >= 15 is 0 Å². The van der Waals surface area contributed by atoms with Crippen LogP contribution in [0.5, 0.6) is 0 Å². The summed E-state index contributed by atoms with van der Waals surface area (Å²) in [5, 5.41) is 3.51. The number of benzene rings is 3. The Kier molecular flexibility index (Phi) is 6.98. The van der Waals surface area contributed by atoms with E-state index in [1.807, 2.05) is 60.7 Å². The fourth-order valence-electron chi connectivity index (χ4n) is 5.75. The third-order valence-electron chi connectivity index (χ3n) is 7.65. The number of rotatable bonds is 6. The number of esters is 2. The number of carbonyl (C=O) groups is 3. The summed E-state index contributed by atoms with van der Waals surface area (Å²) in [5.74, 6) is -1.17. The van der Waals surface area contributed by atoms with E-state index in [0.717, 1.165) is 52.8 Å². The predicted octanol–water partition coefficient (Wildman–Crippen LogP) is 6.71. The highest BCUT2D eigenvalue weighted by Crippen LogP contribution is 2.42. The van der Waals surface area contributed by atoms with Crippen LogP contribution in [-0.4, -0.2) is 24.5 Å². The van der Waals surface area contributed by atoms with Crippen molar-refractivity contribution >= 4 is 34.2 Å². The number of hydrogen-bond acceptors (Lipinski definition) is 6. The zero-order chi connectivity index (χ0) is 27.7. The Hall–Kier alpha value is -4.23. The minimum absolute atomic E-state index is 0.266. The van der Waals surface area contributed by atoms with Crippen LogP contribution in [0.1, 0.15) is 78.0 Å². The molecule has 6 rings (SSSR count). The quantitative estimate of drug-likeness (QED) is 0.269. The van der Waals surface area contributed by atoms with Crippen LogP contribution in [0.4, 0.5) is 5.00 Å². The van der Waals surface area contributed by atoms with Crippen molar-refractivity contribution < 1.29 is 23.9 Å². The lowest BCUT2D eigenvalue weighted by Gasteiger charge is -2.38. The highest BCUT2D eigenvalue weighted by Gasteiger charge is 2.43. The number of carbonyl (C=O) groups excluding carboxylic acids is 3. The SMILES string of the molecule is CCOC(=O)c1c(NC(=O)c2ccc3c(c2)CC(c2ccccc2)(c2ccccc2)OC3=O)sc2c1CCCC2. The molecule has 1 N–H and O–H groups in total. The van der Waals surface area contributed by atoms with Crippen LogP contribution in [0, 0.1) is 0 Å². The first-order valence-electron chi connectivity index (χ1n) is 13.6. The predicted molar refractivity (Wildman–Crippen MR) is 154 cm³/mol. The second kappa shape index (κ2) is 10.7. The molecule has 1 aliphatic heterocycles. The second-order valence-corrected chi connectivity index (χ2v) is 11.2. The van der Waals surface area contributed by atoms with Gasteiger partial charge in [0.05, 0.1) is 17.7 Å². The van der Waals surface area contributed by atoms with Crippen LogP contribution < -0.4 is 5.32 Å². The summed E-state index contributed by atoms with van der Waals surface area (Å²) in [7, 11) is 0. The molecule has 0 saturated heterocycles. The van der Waals surface area contributed by atoms with Crippen LogP contribution in [0.3, 0.4) is 0 Å². The molecule has 2 heterocycles. The van der Waals surface area contributed by atoms with Crippen LogP contribution in [0.2, 0.25) is 0 Å². The third-order valence-corrected chi connectivity index (χ3v) is 8.86. The normalized spacial score (nSPS) is 15.4. The number of ether oxygens (including phenoxy) is 2. The molecular weight excluding hydrogens is 522 g/mol. The van der Waals surface area contributed by atoms with Gasteiger partial charge >= 0.3 is 11.9 Å². The van der Waals surface area contributed by atoms with Gasteiger partial charge in [-0.1, -0.05) is 60.7 Å². The van der Waals surface area contributed by atoms with Gasteiger partial charge in [-0.05, 0) is 61.9 Å². The first-order chi connectivity index (χ1) is 19.5. The van der Waals surface area contributed by atoms with Gasteiger partial charge in [-0.15, -0.1) is 11.3 Å². The molecule has 2 aliphatic rings. The Morgan fingerprint density at radius 1 is 0.950 bits per heavy atom. The Morgan fingerprint density at radius 3 is 2.30 bits per heavy atom. The number of thiophene rings is 1. The highest BCUT2D eigenvalue weighted by atomic mass is 32.1. The fraction of sp³-hybridized carbons (Fsp3) is 0.242. The molecule has 1 aliphatic carbocycles. The van der Waals surface area contributed by atoms with Crippen molar-refractivity contribution in [1.82, 2.24) is 0 Å². The fourth-order valence-corrected chi connectivity index (χ4v) is 7.02. The first-order valence-corrected chi connectivity index (χ1v) is 14.4. The van der Waals surface area contributed by atoms with Gasteiger partial charge in [0.25, 0.3) is 5.91 Å². The van der Waals surface area contributed by atoms with Gasteiger partial charge in [0.2, 0.25) is 0 Å². The second-order valence-electron chi connectivity index (χ2n) is 10.1. The zero-order valence-electron chi connectivity index (χ0n) is 22.2. The van der Waals surface area contributed by atoms with E-state index in [4.69, 9.17) is 9.47 Å². The van der Waals surface area contributed by atoms with Gasteiger partial charge < -0.3 is 14.8 Å². The van der Waals surface area contributed by atoms with Gasteiger partial charge in [0.15, 0.2) is 5.60 Å². The average Bonchev–Trinajstić information content (AvgIpc) is 3.35. The third kappa shape index (κ3) is 4.60. The van der Waals surface area contributed by atoms with Gasteiger partial charge in [-0.25, -0.2) is 9.59 Å². The molecule has 4 aromatic rings. The molecule has 1 aromatic heterocycles. The van der Waals surface area contributed by atoms with Crippen LogP contribution in [0.25, 0.3) is 0 Å². The number of amides is 1. The monoisotopic (exact) mass is 551 g/mol. The Labute approximate surface area is 237 Å². The van der Waals surface area contributed by atoms with Crippen molar-refractivity contribution in [2.24, 2.45) is 0 Å². The molecular formula is C33H29NO5S. The Bertz CT molecular complexity index is 1550. The zero-order valence-corrected chi connectivity index (χ0v) is 23.0. The maximum Gasteiger partial charge on any atom is 0.341 e. The van der Waals surface area contributed by atoms with E-state index in [2.05, 4.69) is 5.32 Å². The van der Waals surface area contributed by atoms with Crippen molar-refractivity contribution in [2.45, 2.75) is 44.6 Å². The van der Waals surface area contributed by atoms with Gasteiger partial charge in [0.1, 0.15) is 5.00 Å². The van der Waals surface area contributed by atoms with Gasteiger partial charge in [-0.2, -0.15) is 0 Å². The molecule has 6 nitrogen and oxygen atoms in total. The minimum Gasteiger partial charge on any atom is -0.462 e. The highest BCUT2D eigenvalue weighted by molar-refractivity contribution is 7.17. The topological polar surface area (TPSA) is 81.7 Å². The van der Waals surface area contributed by atoms with Gasteiger partial charge in [0, 0.05) is 28.0 Å². The van der Waals surface area contributed by atoms with E-state index in [0.29, 0.717) is 28.1 Å². The number of fused-ring (bicyclic) bond motifs is 2. The molecule has 202 valence electrons. The molecule has 3 aromatic carbocycles. The summed E-state index contributed by atoms with van der Waals surface area (Å²) in [5.41, 5.74) is 3.75. The number of cyclic esters (lactones) is 1. The molecule has 7 heteroatoms. The smallest absolute Gasteiger partial charge is 0.341 e. The van der Waals surface area contributed by atoms with E-state index in [9.17, 15) is 14.4 Å². The lowest BCUT2D eigenvalue weighted by molar-refractivity contribution is -0.00754. The van der Waals surface area contributed by atoms with Crippen molar-refractivity contribution in [3.63, 3.8) is 0 Å². The van der Waals surface area contributed by atoms with Crippen molar-refractivity contribution in [1.29, 1.82) is 0 Å². The standard InChI is InChI=1S/C33H29NO5S/c1-2-38-32(37)28-26-15-9-10-16-27(26)40-30(28)34-29(35)21-17-18-25-22(19-21)20-33(39-31(25)36,23-11-5-3-6-12-23)24-13-7-4-8-14-24/h3-8,11-14,17-19H,2,9-10,15-16,20H2,1H3,(H,34,35). The Balaban J connectivity index is 1.36. The number of aryl methyl sites for hydroxylation is 1. The van der Waals surface area contributed by atoms with Crippen LogP contribution in [0.15, 0.2) is 78.9 Å². The molecule has 0 atom stereocenters. The molecule has 40 heavy (non-hydrogen) atoms. The summed E-state index contributed by atoms with van der Waals surface area (Å²) >= 11 is 1.46. The lowest BCUT2D eigenvalue weighted by atomic mass is 9.78. The number of hydrogen-bond donors (Lipinski definition) is 1. The van der Waals surface area contributed by atoms with Crippen molar-refractivity contribution in [3.8, 4) is 0 Å². The lowest BCUT2D eigenvalue weighted by Crippen LogP contribution is -2.40. The molecule has 1 amide bonds. The van der Waals surface area contributed by atoms with Crippen LogP contribution in [-0.2, 0) is 34.3 Å². The summed E-state index contributed by atoms with van der Waals surface area (Å²) in [6.45, 7) is 2.04. The van der Waals surface area contributed by atoms with E-state index in [1.165, 1.54) is 11.3 Å². The molecule has 0 spiro atoms. The summed E-state index contributed by atoms with van der Waals surface area (Å²) in [6, 6.07) is 24.4. The minimum atomic E-state index is -1.02. The molecule has 0 fully saturated rings. The van der Waals surface area contributed by atoms with E-state index < -0.39 is 17.5 Å². The molecule has 0 unspecified atom stereocenters. The summed E-state index contributed by atoms with van der Waals surface area (Å²) < 4.78 is 11.5. The summed E-state index contributed by atoms with van der Waals surface area (Å²) in [4.78, 5) is 40.9. The number of nitrogens with one attached hydrogen (secondary N) is 1. The number of anilines is 1. The average molecular weight is 552 g/mol. The maximum atomic E-state index is 13.6. The van der Waals surface area contributed by atoms with E-state index in [1.54, 1.807) is 25.1 Å². The first kappa shape index (κ1) is 26.0.